The van der Waals surface area contributed by atoms with Crippen LogP contribution >= 0.6 is 0 Å². The molecule has 0 aromatic heterocycles. The lowest BCUT2D eigenvalue weighted by molar-refractivity contribution is 0.0855. The Hall–Kier alpha value is -4.40. The van der Waals surface area contributed by atoms with Crippen molar-refractivity contribution in [3.63, 3.8) is 0 Å². The number of ether oxygens (including phenoxy) is 1. The Bertz CT molecular complexity index is 1630. The molecular formula is C53H83N5O2. The maximum atomic E-state index is 7.00. The Labute approximate surface area is 367 Å². The standard InChI is InChI=1S/C35H37N3.C11H24N2O.3C2H6.CH4O/c1-5-13-26(2)21-22-35(30-15-8-6-9-16-30,31-17-10-7-11-18-31)38-33-20-19-27(3)24-32(33)34(37-38)29-14-12-23-36-28(4)25-29;1-5-7-11(2,10-14-4)8-6-9-13-12-3;4*1-2/h5-11,14-26,32-33H,1,12-13H2,2-4H3;5,12-13H,1,6-10H2,2-4H3;3*1-2H3;2H,1H3/b22-21+;;;;;. The molecule has 7 nitrogen and oxygen atoms in total. The quantitative estimate of drug-likeness (QED) is 0.0841. The van der Waals surface area contributed by atoms with Crippen molar-refractivity contribution in [1.82, 2.24) is 15.9 Å². The molecule has 5 rings (SSSR count). The van der Waals surface area contributed by atoms with Gasteiger partial charge in [-0.05, 0) is 80.7 Å². The van der Waals surface area contributed by atoms with E-state index in [1.165, 1.54) is 16.7 Å². The van der Waals surface area contributed by atoms with Crippen molar-refractivity contribution < 1.29 is 9.84 Å². The molecule has 3 N–H and O–H groups in total. The van der Waals surface area contributed by atoms with Gasteiger partial charge < -0.3 is 9.84 Å². The van der Waals surface area contributed by atoms with Gasteiger partial charge in [0.2, 0.25) is 0 Å². The number of methoxy groups -OCH3 is 1. The summed E-state index contributed by atoms with van der Waals surface area (Å²) in [6, 6.07) is 21.7. The zero-order valence-electron chi connectivity index (χ0n) is 39.8. The summed E-state index contributed by atoms with van der Waals surface area (Å²) in [6.45, 7) is 30.3. The number of fused-ring (bicyclic) bond motifs is 1. The predicted molar refractivity (Wildman–Crippen MR) is 264 cm³/mol. The second-order valence-electron chi connectivity index (χ2n) is 14.5. The van der Waals surface area contributed by atoms with Crippen LogP contribution in [0.25, 0.3) is 0 Å². The van der Waals surface area contributed by atoms with Gasteiger partial charge in [-0.15, -0.1) is 13.2 Å². The lowest BCUT2D eigenvalue weighted by Crippen LogP contribution is -2.47. The van der Waals surface area contributed by atoms with Gasteiger partial charge in [0.25, 0.3) is 0 Å². The van der Waals surface area contributed by atoms with E-state index >= 15 is 0 Å². The minimum Gasteiger partial charge on any atom is -0.400 e. The largest absolute Gasteiger partial charge is 0.400 e. The molecule has 0 saturated heterocycles. The SMILES string of the molecule is C=CCC(C)(CCCNNC)COC.C=CCC(C)/C=C/C(c1ccccc1)(c1ccccc1)N1N=C(C2=CCC=NC(C)=C2)C2C=C(C)C=CC21.CC.CC.CC.CO. The third-order valence-electron chi connectivity index (χ3n) is 9.96. The number of hydrazone groups is 1. The highest BCUT2D eigenvalue weighted by Gasteiger charge is 2.48. The molecule has 4 unspecified atom stereocenters. The van der Waals surface area contributed by atoms with Gasteiger partial charge in [0.05, 0.1) is 18.4 Å². The molecule has 0 fully saturated rings. The first-order chi connectivity index (χ1) is 29.2. The van der Waals surface area contributed by atoms with E-state index in [0.29, 0.717) is 5.92 Å². The summed E-state index contributed by atoms with van der Waals surface area (Å²) in [5, 5.41) is 14.9. The van der Waals surface area contributed by atoms with Gasteiger partial charge in [0.1, 0.15) is 5.54 Å². The van der Waals surface area contributed by atoms with E-state index < -0.39 is 5.54 Å². The van der Waals surface area contributed by atoms with E-state index in [4.69, 9.17) is 14.9 Å². The zero-order chi connectivity index (χ0) is 45.4. The molecular weight excluding hydrogens is 739 g/mol. The maximum absolute atomic E-state index is 7.00. The molecule has 0 amide bonds. The van der Waals surface area contributed by atoms with E-state index in [1.807, 2.05) is 67.0 Å². The fraction of sp³-hybridized carbons (Fsp3) is 0.472. The fourth-order valence-corrected chi connectivity index (χ4v) is 7.36. The normalized spacial score (nSPS) is 17.7. The van der Waals surface area contributed by atoms with Crippen LogP contribution in [0.15, 0.2) is 155 Å². The summed E-state index contributed by atoms with van der Waals surface area (Å²) < 4.78 is 5.23. The first-order valence-electron chi connectivity index (χ1n) is 22.2. The molecule has 4 atom stereocenters. The van der Waals surface area contributed by atoms with Crippen LogP contribution < -0.4 is 10.9 Å². The molecule has 7 heteroatoms. The molecule has 0 radical (unpaired) electrons. The molecule has 1 aliphatic carbocycles. The molecule has 3 aliphatic rings. The van der Waals surface area contributed by atoms with Gasteiger partial charge in [-0.3, -0.25) is 20.9 Å². The highest BCUT2D eigenvalue weighted by atomic mass is 16.5. The lowest BCUT2D eigenvalue weighted by atomic mass is 9.78. The molecule has 2 heterocycles. The molecule has 0 saturated carbocycles. The van der Waals surface area contributed by atoms with E-state index in [9.17, 15) is 0 Å². The number of aliphatic hydroxyl groups excluding tert-OH is 1. The van der Waals surface area contributed by atoms with Gasteiger partial charge in [0, 0.05) is 45.0 Å². The summed E-state index contributed by atoms with van der Waals surface area (Å²) in [4.78, 5) is 4.56. The summed E-state index contributed by atoms with van der Waals surface area (Å²) in [7, 11) is 4.64. The van der Waals surface area contributed by atoms with Gasteiger partial charge in [0.15, 0.2) is 0 Å². The Morgan fingerprint density at radius 2 is 1.55 bits per heavy atom. The number of hydrazine groups is 1. The van der Waals surface area contributed by atoms with Crippen LogP contribution in [0, 0.1) is 17.3 Å². The molecule has 332 valence electrons. The van der Waals surface area contributed by atoms with Gasteiger partial charge in [-0.2, -0.15) is 5.10 Å². The Balaban J connectivity index is 0.00000133. The van der Waals surface area contributed by atoms with Crippen LogP contribution in [0.3, 0.4) is 0 Å². The number of rotatable bonds is 17. The molecule has 0 spiro atoms. The van der Waals surface area contributed by atoms with Crippen LogP contribution in [-0.2, 0) is 10.3 Å². The summed E-state index contributed by atoms with van der Waals surface area (Å²) in [5.74, 6) is 0.511. The molecule has 2 aromatic rings. The lowest BCUT2D eigenvalue weighted by Gasteiger charge is -2.43. The van der Waals surface area contributed by atoms with E-state index in [2.05, 4.69) is 165 Å². The average Bonchev–Trinajstić information content (AvgIpc) is 3.52. The number of hydrogen-bond donors (Lipinski definition) is 3. The van der Waals surface area contributed by atoms with E-state index in [0.717, 1.165) is 69.3 Å². The van der Waals surface area contributed by atoms with E-state index in [1.54, 1.807) is 7.11 Å². The third-order valence-corrected chi connectivity index (χ3v) is 9.96. The van der Waals surface area contributed by atoms with Crippen LogP contribution in [0.2, 0.25) is 0 Å². The van der Waals surface area contributed by atoms with Crippen molar-refractivity contribution >= 4 is 11.9 Å². The van der Waals surface area contributed by atoms with Crippen molar-refractivity contribution in [1.29, 1.82) is 0 Å². The second-order valence-corrected chi connectivity index (χ2v) is 14.5. The molecule has 2 aliphatic heterocycles. The first-order valence-corrected chi connectivity index (χ1v) is 22.2. The summed E-state index contributed by atoms with van der Waals surface area (Å²) in [5.41, 5.74) is 12.6. The van der Waals surface area contributed by atoms with Crippen molar-refractivity contribution in [3.8, 4) is 0 Å². The minimum atomic E-state index is -0.591. The maximum Gasteiger partial charge on any atom is 0.127 e. The number of hydrogen-bond acceptors (Lipinski definition) is 7. The average molecular weight is 822 g/mol. The summed E-state index contributed by atoms with van der Waals surface area (Å²) in [6.07, 6.45) is 27.1. The molecule has 60 heavy (non-hydrogen) atoms. The smallest absolute Gasteiger partial charge is 0.127 e. The van der Waals surface area contributed by atoms with Crippen LogP contribution in [0.1, 0.15) is 112 Å². The topological polar surface area (TPSA) is 81.5 Å². The monoisotopic (exact) mass is 822 g/mol. The Morgan fingerprint density at radius 1 is 0.950 bits per heavy atom. The van der Waals surface area contributed by atoms with Gasteiger partial charge in [-0.1, -0.05) is 170 Å². The highest BCUT2D eigenvalue weighted by molar-refractivity contribution is 6.07. The fourth-order valence-electron chi connectivity index (χ4n) is 7.36. The van der Waals surface area contributed by atoms with E-state index in [-0.39, 0.29) is 17.4 Å². The minimum absolute atomic E-state index is 0.0762. The Morgan fingerprint density at radius 3 is 2.08 bits per heavy atom. The number of nitrogens with one attached hydrogen (secondary N) is 2. The second kappa shape index (κ2) is 32.4. The van der Waals surface area contributed by atoms with Gasteiger partial charge in [-0.25, -0.2) is 0 Å². The van der Waals surface area contributed by atoms with Crippen molar-refractivity contribution in [2.75, 3.05) is 34.4 Å². The van der Waals surface area contributed by atoms with Crippen LogP contribution in [0.4, 0.5) is 0 Å². The van der Waals surface area contributed by atoms with Crippen molar-refractivity contribution in [2.45, 2.75) is 113 Å². The van der Waals surface area contributed by atoms with Crippen molar-refractivity contribution in [3.05, 3.63) is 156 Å². The van der Waals surface area contributed by atoms with Gasteiger partial charge >= 0.3 is 0 Å². The van der Waals surface area contributed by atoms with Crippen molar-refractivity contribution in [2.24, 2.45) is 27.3 Å². The van der Waals surface area contributed by atoms with Crippen LogP contribution in [-0.4, -0.2) is 62.5 Å². The number of aliphatic imine (C=N–C) groups is 1. The number of benzene rings is 2. The number of nitrogens with zero attached hydrogens (tertiary/aromatic N) is 3. The zero-order valence-corrected chi connectivity index (χ0v) is 39.8. The molecule has 2 aromatic carbocycles. The third kappa shape index (κ3) is 16.9. The molecule has 0 bridgehead atoms. The summed E-state index contributed by atoms with van der Waals surface area (Å²) >= 11 is 0. The Kier molecular flexibility index (Phi) is 30.0. The number of allylic oxidation sites excluding steroid dienone is 9. The van der Waals surface area contributed by atoms with Crippen LogP contribution in [0.5, 0.6) is 0 Å². The first kappa shape index (κ1) is 55.6. The predicted octanol–water partition coefficient (Wildman–Crippen LogP) is 12.6. The number of aliphatic hydroxyl groups is 1. The highest BCUT2D eigenvalue weighted by Crippen LogP contribution is 2.46.